The van der Waals surface area contributed by atoms with E-state index in [1.807, 2.05) is 0 Å². The van der Waals surface area contributed by atoms with E-state index in [9.17, 15) is 19.7 Å². The lowest BCUT2D eigenvalue weighted by molar-refractivity contribution is -0.384. The number of non-ortho nitro benzene ring substituents is 1. The van der Waals surface area contributed by atoms with Crippen LogP contribution in [0.5, 0.6) is 5.75 Å². The number of carboxylic acids is 1. The van der Waals surface area contributed by atoms with Crippen molar-refractivity contribution in [3.63, 3.8) is 0 Å². The first kappa shape index (κ1) is 17.5. The van der Waals surface area contributed by atoms with Gasteiger partial charge in [-0.15, -0.1) is 0 Å². The van der Waals surface area contributed by atoms with E-state index in [1.165, 1.54) is 18.2 Å². The van der Waals surface area contributed by atoms with Crippen LogP contribution < -0.4 is 4.74 Å². The van der Waals surface area contributed by atoms with Crippen molar-refractivity contribution in [1.29, 1.82) is 0 Å². The van der Waals surface area contributed by atoms with E-state index in [0.717, 1.165) is 6.26 Å². The van der Waals surface area contributed by atoms with Crippen LogP contribution in [-0.2, 0) is 0 Å². The van der Waals surface area contributed by atoms with Gasteiger partial charge in [0, 0.05) is 44.1 Å². The Balaban J connectivity index is 1.54. The molecule has 1 saturated heterocycles. The third kappa shape index (κ3) is 3.82. The molecule has 0 saturated carbocycles. The number of furan rings is 1. The van der Waals surface area contributed by atoms with Gasteiger partial charge in [0.05, 0.1) is 10.5 Å². The molecule has 9 nitrogen and oxygen atoms in total. The number of likely N-dealkylation sites (tertiary alicyclic amines) is 1. The summed E-state index contributed by atoms with van der Waals surface area (Å²) in [5.74, 6) is -0.969. The van der Waals surface area contributed by atoms with Crippen molar-refractivity contribution in [3.05, 3.63) is 58.0 Å². The third-order valence-electron chi connectivity index (χ3n) is 4.14. The van der Waals surface area contributed by atoms with Crippen LogP contribution >= 0.6 is 0 Å². The Kier molecular flexibility index (Phi) is 4.87. The first-order chi connectivity index (χ1) is 12.4. The predicted molar refractivity (Wildman–Crippen MR) is 88.3 cm³/mol. The first-order valence-electron chi connectivity index (χ1n) is 7.96. The molecule has 0 unspecified atom stereocenters. The van der Waals surface area contributed by atoms with Gasteiger partial charge in [0.25, 0.3) is 11.6 Å². The third-order valence-corrected chi connectivity index (χ3v) is 4.14. The Morgan fingerprint density at radius 3 is 2.42 bits per heavy atom. The Morgan fingerprint density at radius 1 is 1.23 bits per heavy atom. The smallest absolute Gasteiger partial charge is 0.338 e. The maximum Gasteiger partial charge on any atom is 0.338 e. The minimum Gasteiger partial charge on any atom is -0.490 e. The SMILES string of the molecule is O=C(O)c1coc(C(=O)N2CCC(Oc3ccc([N+](=O)[O-])cc3)CC2)c1. The summed E-state index contributed by atoms with van der Waals surface area (Å²) in [6.45, 7) is 0.888. The number of carboxylic acid groups (broad SMARTS) is 1. The largest absolute Gasteiger partial charge is 0.490 e. The van der Waals surface area contributed by atoms with Gasteiger partial charge in [0.1, 0.15) is 18.1 Å². The number of ether oxygens (including phenoxy) is 1. The maximum atomic E-state index is 12.3. The molecule has 0 atom stereocenters. The monoisotopic (exact) mass is 360 g/mol. The van der Waals surface area contributed by atoms with Crippen LogP contribution in [0, 0.1) is 10.1 Å². The summed E-state index contributed by atoms with van der Waals surface area (Å²) in [5, 5.41) is 19.5. The van der Waals surface area contributed by atoms with Gasteiger partial charge in [-0.3, -0.25) is 14.9 Å². The van der Waals surface area contributed by atoms with E-state index < -0.39 is 10.9 Å². The minimum absolute atomic E-state index is 0.00265. The Hall–Kier alpha value is -3.36. The van der Waals surface area contributed by atoms with Gasteiger partial charge in [0.2, 0.25) is 0 Å². The molecule has 1 amide bonds. The molecule has 0 bridgehead atoms. The van der Waals surface area contributed by atoms with E-state index in [1.54, 1.807) is 17.0 Å². The van der Waals surface area contributed by atoms with Crippen molar-refractivity contribution in [3.8, 4) is 5.75 Å². The fourth-order valence-corrected chi connectivity index (χ4v) is 2.73. The molecule has 2 heterocycles. The van der Waals surface area contributed by atoms with Crippen LogP contribution in [0.4, 0.5) is 5.69 Å². The normalized spacial score (nSPS) is 14.8. The average Bonchev–Trinajstić information content (AvgIpc) is 3.13. The van der Waals surface area contributed by atoms with Gasteiger partial charge in [0.15, 0.2) is 5.76 Å². The van der Waals surface area contributed by atoms with Crippen molar-refractivity contribution in [2.24, 2.45) is 0 Å². The number of nitrogens with zero attached hydrogens (tertiary/aromatic N) is 2. The second-order valence-corrected chi connectivity index (χ2v) is 5.87. The Bertz CT molecular complexity index is 820. The van der Waals surface area contributed by atoms with Crippen LogP contribution in [0.25, 0.3) is 0 Å². The number of piperidine rings is 1. The topological polar surface area (TPSA) is 123 Å². The molecule has 1 aromatic carbocycles. The fraction of sp³-hybridized carbons (Fsp3) is 0.294. The second-order valence-electron chi connectivity index (χ2n) is 5.87. The molecule has 0 radical (unpaired) electrons. The zero-order valence-corrected chi connectivity index (χ0v) is 13.7. The number of nitro groups is 1. The molecule has 3 rings (SSSR count). The van der Waals surface area contributed by atoms with Crippen LogP contribution in [-0.4, -0.2) is 46.0 Å². The lowest BCUT2D eigenvalue weighted by Gasteiger charge is -2.31. The summed E-state index contributed by atoms with van der Waals surface area (Å²) < 4.78 is 10.8. The lowest BCUT2D eigenvalue weighted by Crippen LogP contribution is -2.41. The lowest BCUT2D eigenvalue weighted by atomic mass is 10.1. The molecule has 1 aromatic heterocycles. The highest BCUT2D eigenvalue weighted by Gasteiger charge is 2.27. The number of hydrogen-bond donors (Lipinski definition) is 1. The highest BCUT2D eigenvalue weighted by Crippen LogP contribution is 2.23. The Labute approximate surface area is 147 Å². The van der Waals surface area contributed by atoms with Crippen LogP contribution in [0.1, 0.15) is 33.8 Å². The molecular weight excluding hydrogens is 344 g/mol. The number of nitro benzene ring substituents is 1. The van der Waals surface area contributed by atoms with Crippen molar-refractivity contribution >= 4 is 17.6 Å². The number of aromatic carboxylic acids is 1. The number of carbonyl (C=O) groups is 2. The molecule has 1 fully saturated rings. The number of carbonyl (C=O) groups excluding carboxylic acids is 1. The number of hydrogen-bond acceptors (Lipinski definition) is 6. The van der Waals surface area contributed by atoms with Crippen LogP contribution in [0.15, 0.2) is 41.0 Å². The van der Waals surface area contributed by atoms with Crippen LogP contribution in [0.2, 0.25) is 0 Å². The summed E-state index contributed by atoms with van der Waals surface area (Å²) in [6.07, 6.45) is 2.12. The average molecular weight is 360 g/mol. The molecular formula is C17H16N2O7. The standard InChI is InChI=1S/C17H16N2O7/c20-16(15-9-11(10-25-15)17(21)22)18-7-5-14(6-8-18)26-13-3-1-12(2-4-13)19(23)24/h1-4,9-10,14H,5-8H2,(H,21,22). The summed E-state index contributed by atoms with van der Waals surface area (Å²) in [6, 6.07) is 7.07. The summed E-state index contributed by atoms with van der Waals surface area (Å²) >= 11 is 0. The van der Waals surface area contributed by atoms with Gasteiger partial charge in [-0.2, -0.15) is 0 Å². The van der Waals surface area contributed by atoms with Crippen molar-refractivity contribution in [2.45, 2.75) is 18.9 Å². The van der Waals surface area contributed by atoms with Gasteiger partial charge in [-0.25, -0.2) is 4.79 Å². The van der Waals surface area contributed by atoms with E-state index in [2.05, 4.69) is 0 Å². The van der Waals surface area contributed by atoms with Crippen molar-refractivity contribution < 1.29 is 28.8 Å². The fourth-order valence-electron chi connectivity index (χ4n) is 2.73. The molecule has 1 N–H and O–H groups in total. The van der Waals surface area contributed by atoms with Crippen molar-refractivity contribution in [1.82, 2.24) is 4.90 Å². The van der Waals surface area contributed by atoms with Gasteiger partial charge in [-0.1, -0.05) is 0 Å². The first-order valence-corrected chi connectivity index (χ1v) is 7.96. The quantitative estimate of drug-likeness (QED) is 0.642. The molecule has 1 aliphatic rings. The summed E-state index contributed by atoms with van der Waals surface area (Å²) in [4.78, 5) is 34.9. The van der Waals surface area contributed by atoms with Crippen molar-refractivity contribution in [2.75, 3.05) is 13.1 Å². The molecule has 2 aromatic rings. The minimum atomic E-state index is -1.15. The molecule has 1 aliphatic heterocycles. The summed E-state index contributed by atoms with van der Waals surface area (Å²) in [7, 11) is 0. The predicted octanol–water partition coefficient (Wildman–Crippen LogP) is 2.57. The molecule has 0 aliphatic carbocycles. The highest BCUT2D eigenvalue weighted by atomic mass is 16.6. The van der Waals surface area contributed by atoms with E-state index >= 15 is 0 Å². The number of amides is 1. The molecule has 136 valence electrons. The van der Waals surface area contributed by atoms with Gasteiger partial charge < -0.3 is 19.2 Å². The maximum absolute atomic E-state index is 12.3. The van der Waals surface area contributed by atoms with E-state index in [0.29, 0.717) is 31.7 Å². The van der Waals surface area contributed by atoms with E-state index in [4.69, 9.17) is 14.3 Å². The molecule has 26 heavy (non-hydrogen) atoms. The van der Waals surface area contributed by atoms with Gasteiger partial charge >= 0.3 is 5.97 Å². The van der Waals surface area contributed by atoms with Gasteiger partial charge in [-0.05, 0) is 12.1 Å². The zero-order valence-electron chi connectivity index (χ0n) is 13.7. The Morgan fingerprint density at radius 2 is 1.88 bits per heavy atom. The second kappa shape index (κ2) is 7.26. The number of benzene rings is 1. The summed E-state index contributed by atoms with van der Waals surface area (Å²) in [5.41, 5.74) is -0.0679. The molecule has 9 heteroatoms. The number of rotatable bonds is 5. The zero-order chi connectivity index (χ0) is 18.7. The molecule has 0 spiro atoms. The van der Waals surface area contributed by atoms with Crippen LogP contribution in [0.3, 0.4) is 0 Å². The highest BCUT2D eigenvalue weighted by molar-refractivity contribution is 5.95. The van der Waals surface area contributed by atoms with E-state index in [-0.39, 0.29) is 29.0 Å².